The van der Waals surface area contributed by atoms with E-state index >= 15 is 0 Å². The highest BCUT2D eigenvalue weighted by Gasteiger charge is 2.21. The van der Waals surface area contributed by atoms with Crippen molar-refractivity contribution < 1.29 is 4.74 Å². The van der Waals surface area contributed by atoms with E-state index in [9.17, 15) is 0 Å². The molecule has 0 aliphatic rings. The summed E-state index contributed by atoms with van der Waals surface area (Å²) in [4.78, 5) is 4.27. The van der Waals surface area contributed by atoms with Gasteiger partial charge in [-0.05, 0) is 13.8 Å². The number of nitrogens with one attached hydrogen (secondary N) is 1. The average molecular weight is 198 g/mol. The SMILES string of the molecule is CCn1ccnc1C(NN)C(C)OC. The molecule has 0 saturated heterocycles. The Balaban J connectivity index is 2.88. The Bertz CT molecular complexity index is 274. The highest BCUT2D eigenvalue weighted by molar-refractivity contribution is 5.01. The molecule has 0 amide bonds. The fourth-order valence-corrected chi connectivity index (χ4v) is 1.42. The van der Waals surface area contributed by atoms with Crippen LogP contribution in [0.4, 0.5) is 0 Å². The molecule has 5 nitrogen and oxygen atoms in total. The molecule has 1 rings (SSSR count). The maximum Gasteiger partial charge on any atom is 0.129 e. The monoisotopic (exact) mass is 198 g/mol. The Kier molecular flexibility index (Phi) is 4.06. The van der Waals surface area contributed by atoms with Crippen molar-refractivity contribution in [3.05, 3.63) is 18.2 Å². The molecule has 1 aromatic heterocycles. The Hall–Kier alpha value is -0.910. The molecular formula is C9H18N4O. The second kappa shape index (κ2) is 5.09. The van der Waals surface area contributed by atoms with E-state index in [2.05, 4.69) is 17.3 Å². The summed E-state index contributed by atoms with van der Waals surface area (Å²) in [5.41, 5.74) is 2.72. The number of ether oxygens (including phenoxy) is 1. The number of imidazole rings is 1. The maximum atomic E-state index is 5.48. The van der Waals surface area contributed by atoms with Gasteiger partial charge in [0.2, 0.25) is 0 Å². The van der Waals surface area contributed by atoms with E-state index < -0.39 is 0 Å². The van der Waals surface area contributed by atoms with Crippen molar-refractivity contribution in [2.45, 2.75) is 32.5 Å². The van der Waals surface area contributed by atoms with Crippen LogP contribution >= 0.6 is 0 Å². The van der Waals surface area contributed by atoms with Crippen molar-refractivity contribution >= 4 is 0 Å². The Morgan fingerprint density at radius 3 is 2.93 bits per heavy atom. The van der Waals surface area contributed by atoms with E-state index in [1.165, 1.54) is 0 Å². The van der Waals surface area contributed by atoms with Crippen molar-refractivity contribution in [3.63, 3.8) is 0 Å². The Labute approximate surface area is 84.2 Å². The number of hydrogen-bond donors (Lipinski definition) is 2. The smallest absolute Gasteiger partial charge is 0.129 e. The van der Waals surface area contributed by atoms with Gasteiger partial charge in [-0.15, -0.1) is 0 Å². The molecular weight excluding hydrogens is 180 g/mol. The van der Waals surface area contributed by atoms with Gasteiger partial charge in [-0.25, -0.2) is 10.4 Å². The predicted octanol–water partition coefficient (Wildman–Crippen LogP) is 0.442. The van der Waals surface area contributed by atoms with Crippen LogP contribution in [-0.4, -0.2) is 22.8 Å². The predicted molar refractivity (Wildman–Crippen MR) is 54.4 cm³/mol. The molecule has 0 saturated carbocycles. The van der Waals surface area contributed by atoms with E-state index in [1.54, 1.807) is 13.3 Å². The maximum absolute atomic E-state index is 5.48. The van der Waals surface area contributed by atoms with E-state index in [-0.39, 0.29) is 12.1 Å². The molecule has 2 atom stereocenters. The minimum atomic E-state index is -0.0741. The van der Waals surface area contributed by atoms with Gasteiger partial charge < -0.3 is 9.30 Å². The first-order valence-corrected chi connectivity index (χ1v) is 4.74. The molecule has 0 aliphatic heterocycles. The summed E-state index contributed by atoms with van der Waals surface area (Å²) in [5, 5.41) is 0. The van der Waals surface area contributed by atoms with E-state index in [0.717, 1.165) is 12.4 Å². The van der Waals surface area contributed by atoms with Crippen LogP contribution in [0.15, 0.2) is 12.4 Å². The lowest BCUT2D eigenvalue weighted by molar-refractivity contribution is 0.0790. The fraction of sp³-hybridized carbons (Fsp3) is 0.667. The first-order chi connectivity index (χ1) is 6.74. The standard InChI is InChI=1S/C9H18N4O/c1-4-13-6-5-11-9(13)8(12-10)7(2)14-3/h5-8,12H,4,10H2,1-3H3. The minimum absolute atomic E-state index is 0.00676. The van der Waals surface area contributed by atoms with Gasteiger partial charge in [0.05, 0.1) is 6.10 Å². The highest BCUT2D eigenvalue weighted by atomic mass is 16.5. The van der Waals surface area contributed by atoms with Crippen LogP contribution in [-0.2, 0) is 11.3 Å². The van der Waals surface area contributed by atoms with Crippen LogP contribution in [0.25, 0.3) is 0 Å². The van der Waals surface area contributed by atoms with Gasteiger partial charge in [0, 0.05) is 26.0 Å². The molecule has 0 aromatic carbocycles. The van der Waals surface area contributed by atoms with Crippen LogP contribution in [0.3, 0.4) is 0 Å². The molecule has 14 heavy (non-hydrogen) atoms. The molecule has 1 heterocycles. The zero-order valence-corrected chi connectivity index (χ0v) is 8.90. The number of aromatic nitrogens is 2. The van der Waals surface area contributed by atoms with E-state index in [0.29, 0.717) is 0 Å². The summed E-state index contributed by atoms with van der Waals surface area (Å²) >= 11 is 0. The number of rotatable bonds is 5. The lowest BCUT2D eigenvalue weighted by Gasteiger charge is -2.22. The van der Waals surface area contributed by atoms with Gasteiger partial charge in [0.1, 0.15) is 11.9 Å². The van der Waals surface area contributed by atoms with Crippen LogP contribution < -0.4 is 11.3 Å². The minimum Gasteiger partial charge on any atom is -0.380 e. The molecule has 0 aliphatic carbocycles. The lowest BCUT2D eigenvalue weighted by atomic mass is 10.2. The highest BCUT2D eigenvalue weighted by Crippen LogP contribution is 2.15. The van der Waals surface area contributed by atoms with Crippen LogP contribution in [0.2, 0.25) is 0 Å². The summed E-state index contributed by atoms with van der Waals surface area (Å²) < 4.78 is 7.27. The van der Waals surface area contributed by atoms with Crippen molar-refractivity contribution in [1.29, 1.82) is 0 Å². The molecule has 80 valence electrons. The molecule has 0 fully saturated rings. The van der Waals surface area contributed by atoms with E-state index in [4.69, 9.17) is 10.6 Å². The van der Waals surface area contributed by atoms with Crippen LogP contribution in [0.5, 0.6) is 0 Å². The van der Waals surface area contributed by atoms with Crippen LogP contribution in [0.1, 0.15) is 25.7 Å². The number of aryl methyl sites for hydroxylation is 1. The van der Waals surface area contributed by atoms with Crippen molar-refractivity contribution in [2.24, 2.45) is 5.84 Å². The largest absolute Gasteiger partial charge is 0.380 e. The molecule has 5 heteroatoms. The van der Waals surface area contributed by atoms with Gasteiger partial charge in [0.15, 0.2) is 0 Å². The third kappa shape index (κ3) is 2.12. The third-order valence-corrected chi connectivity index (χ3v) is 2.39. The van der Waals surface area contributed by atoms with Gasteiger partial charge in [-0.3, -0.25) is 5.84 Å². The molecule has 3 N–H and O–H groups in total. The molecule has 0 radical (unpaired) electrons. The van der Waals surface area contributed by atoms with Gasteiger partial charge in [-0.1, -0.05) is 0 Å². The molecule has 0 spiro atoms. The zero-order valence-electron chi connectivity index (χ0n) is 8.90. The first kappa shape index (κ1) is 11.2. The quantitative estimate of drug-likeness (QED) is 0.532. The van der Waals surface area contributed by atoms with Crippen molar-refractivity contribution in [3.8, 4) is 0 Å². The summed E-state index contributed by atoms with van der Waals surface area (Å²) in [7, 11) is 1.66. The second-order valence-electron chi connectivity index (χ2n) is 3.16. The third-order valence-electron chi connectivity index (χ3n) is 2.39. The Morgan fingerprint density at radius 2 is 2.43 bits per heavy atom. The number of nitrogens with two attached hydrogens (primary N) is 1. The summed E-state index contributed by atoms with van der Waals surface area (Å²) in [6.07, 6.45) is 3.70. The Morgan fingerprint density at radius 1 is 1.71 bits per heavy atom. The number of nitrogens with zero attached hydrogens (tertiary/aromatic N) is 2. The molecule has 2 unspecified atom stereocenters. The van der Waals surface area contributed by atoms with E-state index in [1.807, 2.05) is 17.7 Å². The van der Waals surface area contributed by atoms with Gasteiger partial charge >= 0.3 is 0 Å². The number of methoxy groups -OCH3 is 1. The summed E-state index contributed by atoms with van der Waals surface area (Å²) in [6.45, 7) is 4.90. The van der Waals surface area contributed by atoms with Crippen molar-refractivity contribution in [2.75, 3.05) is 7.11 Å². The van der Waals surface area contributed by atoms with Crippen LogP contribution in [0, 0.1) is 0 Å². The zero-order chi connectivity index (χ0) is 10.6. The fourth-order valence-electron chi connectivity index (χ4n) is 1.42. The van der Waals surface area contributed by atoms with Gasteiger partial charge in [-0.2, -0.15) is 0 Å². The molecule has 0 bridgehead atoms. The number of hydrazine groups is 1. The summed E-state index contributed by atoms with van der Waals surface area (Å²) in [5.74, 6) is 6.39. The lowest BCUT2D eigenvalue weighted by Crippen LogP contribution is -2.37. The second-order valence-corrected chi connectivity index (χ2v) is 3.16. The topological polar surface area (TPSA) is 65.1 Å². The average Bonchev–Trinajstić information content (AvgIpc) is 2.66. The normalized spacial score (nSPS) is 15.4. The number of hydrogen-bond acceptors (Lipinski definition) is 4. The summed E-state index contributed by atoms with van der Waals surface area (Å²) in [6, 6.07) is -0.0741. The van der Waals surface area contributed by atoms with Crippen molar-refractivity contribution in [1.82, 2.24) is 15.0 Å². The molecule has 1 aromatic rings. The first-order valence-electron chi connectivity index (χ1n) is 4.74. The van der Waals surface area contributed by atoms with Gasteiger partial charge in [0.25, 0.3) is 0 Å².